The number of nitrogens with one attached hydrogen (secondary N) is 1. The smallest absolute Gasteiger partial charge is 0.226 e. The first-order valence-corrected chi connectivity index (χ1v) is 8.84. The van der Waals surface area contributed by atoms with Crippen molar-refractivity contribution in [2.75, 3.05) is 11.9 Å². The summed E-state index contributed by atoms with van der Waals surface area (Å²) >= 11 is 6.04. The highest BCUT2D eigenvalue weighted by molar-refractivity contribution is 6.28. The van der Waals surface area contributed by atoms with Crippen molar-refractivity contribution in [1.82, 2.24) is 19.5 Å². The SMILES string of the molecule is OC[C@H]1O[C@H](n2cnc3c(N[C@@H]4CCC[C@H]4O)nc(Cl)nc32)[C@H](O)[C@@H]1O. The number of aliphatic hydroxyl groups excluding tert-OH is 4. The number of hydrogen-bond donors (Lipinski definition) is 5. The van der Waals surface area contributed by atoms with Crippen molar-refractivity contribution < 1.29 is 25.2 Å². The first-order chi connectivity index (χ1) is 12.5. The third kappa shape index (κ3) is 2.92. The zero-order chi connectivity index (χ0) is 18.4. The van der Waals surface area contributed by atoms with Crippen LogP contribution in [0.2, 0.25) is 5.28 Å². The number of halogens is 1. The Morgan fingerprint density at radius 2 is 2.04 bits per heavy atom. The van der Waals surface area contributed by atoms with Gasteiger partial charge in [-0.1, -0.05) is 0 Å². The maximum Gasteiger partial charge on any atom is 0.226 e. The van der Waals surface area contributed by atoms with Crippen molar-refractivity contribution >= 4 is 28.6 Å². The van der Waals surface area contributed by atoms with Crippen LogP contribution in [0.1, 0.15) is 25.5 Å². The minimum Gasteiger partial charge on any atom is -0.394 e. The van der Waals surface area contributed by atoms with Crippen molar-refractivity contribution in [3.8, 4) is 0 Å². The second-order valence-electron chi connectivity index (χ2n) is 6.64. The second kappa shape index (κ2) is 6.87. The van der Waals surface area contributed by atoms with E-state index in [4.69, 9.17) is 16.3 Å². The molecule has 2 aromatic heterocycles. The van der Waals surface area contributed by atoms with E-state index in [1.165, 1.54) is 10.9 Å². The van der Waals surface area contributed by atoms with E-state index in [0.29, 0.717) is 17.0 Å². The second-order valence-corrected chi connectivity index (χ2v) is 6.98. The Kier molecular flexibility index (Phi) is 4.71. The fourth-order valence-electron chi connectivity index (χ4n) is 3.57. The molecule has 5 N–H and O–H groups in total. The number of hydrogen-bond acceptors (Lipinski definition) is 9. The number of ether oxygens (including phenoxy) is 1. The third-order valence-electron chi connectivity index (χ3n) is 4.99. The van der Waals surface area contributed by atoms with E-state index < -0.39 is 37.3 Å². The minimum atomic E-state index is -1.26. The van der Waals surface area contributed by atoms with Crippen LogP contribution in [0.5, 0.6) is 0 Å². The van der Waals surface area contributed by atoms with Crippen molar-refractivity contribution in [2.24, 2.45) is 0 Å². The van der Waals surface area contributed by atoms with E-state index in [-0.39, 0.29) is 11.3 Å². The monoisotopic (exact) mass is 385 g/mol. The van der Waals surface area contributed by atoms with Gasteiger partial charge in [0.2, 0.25) is 5.28 Å². The molecule has 0 radical (unpaired) electrons. The van der Waals surface area contributed by atoms with E-state index in [0.717, 1.165) is 19.3 Å². The van der Waals surface area contributed by atoms with Crippen LogP contribution >= 0.6 is 11.6 Å². The highest BCUT2D eigenvalue weighted by Gasteiger charge is 2.44. The molecule has 0 spiro atoms. The van der Waals surface area contributed by atoms with Gasteiger partial charge in [-0.2, -0.15) is 9.97 Å². The molecule has 1 aliphatic carbocycles. The van der Waals surface area contributed by atoms with Crippen LogP contribution in [-0.2, 0) is 4.74 Å². The molecule has 0 amide bonds. The summed E-state index contributed by atoms with van der Waals surface area (Å²) in [6, 6.07) is -0.150. The molecule has 2 fully saturated rings. The fraction of sp³-hybridized carbons (Fsp3) is 0.667. The van der Waals surface area contributed by atoms with Gasteiger partial charge in [-0.05, 0) is 30.9 Å². The zero-order valence-electron chi connectivity index (χ0n) is 13.7. The summed E-state index contributed by atoms with van der Waals surface area (Å²) in [4.78, 5) is 12.6. The Hall–Kier alpha value is -1.56. The summed E-state index contributed by atoms with van der Waals surface area (Å²) in [7, 11) is 0. The summed E-state index contributed by atoms with van der Waals surface area (Å²) in [5, 5.41) is 42.6. The number of nitrogens with zero attached hydrogens (tertiary/aromatic N) is 4. The van der Waals surface area contributed by atoms with E-state index in [2.05, 4.69) is 20.3 Å². The lowest BCUT2D eigenvalue weighted by Gasteiger charge is -2.18. The van der Waals surface area contributed by atoms with Gasteiger partial charge in [-0.25, -0.2) is 4.98 Å². The van der Waals surface area contributed by atoms with Crippen molar-refractivity contribution in [2.45, 2.75) is 55.9 Å². The number of fused-ring (bicyclic) bond motifs is 1. The number of aromatic nitrogens is 4. The lowest BCUT2D eigenvalue weighted by molar-refractivity contribution is -0.0511. The highest BCUT2D eigenvalue weighted by atomic mass is 35.5. The molecule has 1 saturated carbocycles. The molecule has 26 heavy (non-hydrogen) atoms. The van der Waals surface area contributed by atoms with Gasteiger partial charge in [0, 0.05) is 0 Å². The molecule has 1 saturated heterocycles. The van der Waals surface area contributed by atoms with Gasteiger partial charge in [0.25, 0.3) is 0 Å². The van der Waals surface area contributed by atoms with Crippen LogP contribution in [-0.4, -0.2) is 77.0 Å². The van der Waals surface area contributed by atoms with Crippen LogP contribution in [0, 0.1) is 0 Å². The first-order valence-electron chi connectivity index (χ1n) is 8.46. The molecule has 6 atom stereocenters. The maximum absolute atomic E-state index is 10.2. The molecular formula is C15H20ClN5O5. The van der Waals surface area contributed by atoms with Crippen molar-refractivity contribution in [1.29, 1.82) is 0 Å². The van der Waals surface area contributed by atoms with Crippen molar-refractivity contribution in [3.63, 3.8) is 0 Å². The molecule has 142 valence electrons. The van der Waals surface area contributed by atoms with Gasteiger partial charge in [0.1, 0.15) is 18.3 Å². The summed E-state index contributed by atoms with van der Waals surface area (Å²) in [6.45, 7) is -0.427. The molecule has 11 heteroatoms. The predicted molar refractivity (Wildman–Crippen MR) is 90.6 cm³/mol. The maximum atomic E-state index is 10.2. The van der Waals surface area contributed by atoms with Crippen LogP contribution in [0.15, 0.2) is 6.33 Å². The quantitative estimate of drug-likeness (QED) is 0.436. The number of imidazole rings is 1. The van der Waals surface area contributed by atoms with Gasteiger partial charge in [0.15, 0.2) is 23.2 Å². The summed E-state index contributed by atoms with van der Waals surface area (Å²) in [6.07, 6.45) is -0.988. The largest absolute Gasteiger partial charge is 0.394 e. The average molecular weight is 386 g/mol. The van der Waals surface area contributed by atoms with E-state index in [9.17, 15) is 20.4 Å². The van der Waals surface area contributed by atoms with Crippen LogP contribution < -0.4 is 5.32 Å². The zero-order valence-corrected chi connectivity index (χ0v) is 14.5. The summed E-state index contributed by atoms with van der Waals surface area (Å²) < 4.78 is 6.97. The molecule has 10 nitrogen and oxygen atoms in total. The minimum absolute atomic E-state index is 0.0269. The summed E-state index contributed by atoms with van der Waals surface area (Å²) in [5.41, 5.74) is 0.723. The summed E-state index contributed by atoms with van der Waals surface area (Å²) in [5.74, 6) is 0.386. The molecule has 2 aromatic rings. The Balaban J connectivity index is 1.70. The van der Waals surface area contributed by atoms with E-state index >= 15 is 0 Å². The predicted octanol–water partition coefficient (Wildman–Crippen LogP) is -0.584. The highest BCUT2D eigenvalue weighted by Crippen LogP contribution is 2.33. The molecule has 0 unspecified atom stereocenters. The Morgan fingerprint density at radius 3 is 2.69 bits per heavy atom. The van der Waals surface area contributed by atoms with Gasteiger partial charge >= 0.3 is 0 Å². The van der Waals surface area contributed by atoms with Gasteiger partial charge in [-0.3, -0.25) is 4.57 Å². The standard InChI is InChI=1S/C15H20ClN5O5/c16-15-19-12(18-6-2-1-3-7(6)23)9-13(20-15)21(5-17-9)14-11(25)10(24)8(4-22)26-14/h5-8,10-11,14,22-25H,1-4H2,(H,18,19,20)/t6-,7-,8-,10-,11-,14+/m1/s1. The van der Waals surface area contributed by atoms with Gasteiger partial charge in [0.05, 0.1) is 25.1 Å². The molecule has 0 bridgehead atoms. The van der Waals surface area contributed by atoms with Crippen LogP contribution in [0.25, 0.3) is 11.2 Å². The number of aliphatic hydroxyl groups is 4. The Morgan fingerprint density at radius 1 is 1.23 bits per heavy atom. The molecule has 1 aliphatic heterocycles. The van der Waals surface area contributed by atoms with E-state index in [1.54, 1.807) is 0 Å². The van der Waals surface area contributed by atoms with E-state index in [1.807, 2.05) is 0 Å². The topological polar surface area (TPSA) is 146 Å². The first kappa shape index (κ1) is 17.8. The van der Waals surface area contributed by atoms with Crippen LogP contribution in [0.3, 0.4) is 0 Å². The molecule has 0 aromatic carbocycles. The lowest BCUT2D eigenvalue weighted by atomic mass is 10.1. The average Bonchev–Trinajstić information content (AvgIpc) is 3.28. The lowest BCUT2D eigenvalue weighted by Crippen LogP contribution is -2.33. The fourth-order valence-corrected chi connectivity index (χ4v) is 3.74. The normalized spacial score (nSPS) is 34.7. The van der Waals surface area contributed by atoms with Gasteiger partial charge < -0.3 is 30.5 Å². The Labute approximate surface area is 153 Å². The van der Waals surface area contributed by atoms with Gasteiger partial charge in [-0.15, -0.1) is 0 Å². The number of anilines is 1. The molecule has 3 heterocycles. The van der Waals surface area contributed by atoms with Crippen molar-refractivity contribution in [3.05, 3.63) is 11.6 Å². The Bertz CT molecular complexity index is 804. The molecule has 2 aliphatic rings. The third-order valence-corrected chi connectivity index (χ3v) is 5.16. The number of rotatable bonds is 4. The molecular weight excluding hydrogens is 366 g/mol. The van der Waals surface area contributed by atoms with Crippen LogP contribution in [0.4, 0.5) is 5.82 Å². The molecule has 4 rings (SSSR count).